The minimum absolute atomic E-state index is 0.689. The van der Waals surface area contributed by atoms with Crippen molar-refractivity contribution in [1.82, 2.24) is 9.80 Å². The van der Waals surface area contributed by atoms with Crippen LogP contribution >= 0.6 is 0 Å². The zero-order chi connectivity index (χ0) is 14.5. The van der Waals surface area contributed by atoms with Crippen LogP contribution in [0.25, 0.3) is 0 Å². The number of hydrogen-bond acceptors (Lipinski definition) is 4. The van der Waals surface area contributed by atoms with E-state index < -0.39 is 0 Å². The van der Waals surface area contributed by atoms with Crippen LogP contribution in [-0.2, 0) is 6.54 Å². The van der Waals surface area contributed by atoms with Crippen LogP contribution in [-0.4, -0.2) is 50.1 Å². The van der Waals surface area contributed by atoms with Crippen LogP contribution in [0.2, 0.25) is 0 Å². The number of hydrogen-bond donors (Lipinski definition) is 1. The topological polar surface area (TPSA) is 41.7 Å². The Morgan fingerprint density at radius 1 is 1.45 bits per heavy atom. The number of ether oxygens (including phenoxy) is 1. The molecule has 1 heterocycles. The number of nitrogen functional groups attached to an aromatic ring is 1. The summed E-state index contributed by atoms with van der Waals surface area (Å²) in [5, 5.41) is 0. The molecule has 112 valence electrons. The second-order valence-electron chi connectivity index (χ2n) is 5.91. The largest absolute Gasteiger partial charge is 0.494 e. The molecule has 0 amide bonds. The Morgan fingerprint density at radius 3 is 2.90 bits per heavy atom. The first kappa shape index (κ1) is 15.1. The van der Waals surface area contributed by atoms with E-state index in [9.17, 15) is 0 Å². The highest BCUT2D eigenvalue weighted by molar-refractivity contribution is 5.47. The van der Waals surface area contributed by atoms with E-state index in [1.54, 1.807) is 0 Å². The number of nitrogens with zero attached hydrogens (tertiary/aromatic N) is 2. The van der Waals surface area contributed by atoms with Gasteiger partial charge < -0.3 is 20.3 Å². The number of likely N-dealkylation sites (tertiary alicyclic amines) is 1. The van der Waals surface area contributed by atoms with Gasteiger partial charge in [0.05, 0.1) is 6.61 Å². The van der Waals surface area contributed by atoms with Crippen LogP contribution in [0.3, 0.4) is 0 Å². The first-order chi connectivity index (χ1) is 9.58. The Labute approximate surface area is 122 Å². The Kier molecular flexibility index (Phi) is 5.26. The maximum atomic E-state index is 5.90. The molecule has 1 fully saturated rings. The zero-order valence-corrected chi connectivity index (χ0v) is 12.9. The Balaban J connectivity index is 1.95. The summed E-state index contributed by atoms with van der Waals surface area (Å²) in [5.41, 5.74) is 7.88. The minimum Gasteiger partial charge on any atom is -0.494 e. The third-order valence-electron chi connectivity index (χ3n) is 3.88. The fourth-order valence-electron chi connectivity index (χ4n) is 2.99. The van der Waals surface area contributed by atoms with Gasteiger partial charge in [0.1, 0.15) is 5.75 Å². The van der Waals surface area contributed by atoms with E-state index in [0.29, 0.717) is 6.61 Å². The summed E-state index contributed by atoms with van der Waals surface area (Å²) < 4.78 is 5.69. The quantitative estimate of drug-likeness (QED) is 0.808. The predicted octanol–water partition coefficient (Wildman–Crippen LogP) is 2.05. The molecule has 0 saturated carbocycles. The number of benzene rings is 1. The molecule has 0 aliphatic carbocycles. The lowest BCUT2D eigenvalue weighted by Gasteiger charge is -2.22. The molecule has 1 aromatic rings. The normalized spacial score (nSPS) is 19.7. The van der Waals surface area contributed by atoms with Crippen LogP contribution in [0.15, 0.2) is 18.2 Å². The second-order valence-corrected chi connectivity index (χ2v) is 5.91. The molecule has 1 atom stereocenters. The molecule has 1 saturated heterocycles. The molecule has 2 N–H and O–H groups in total. The van der Waals surface area contributed by atoms with Crippen molar-refractivity contribution in [3.05, 3.63) is 23.8 Å². The van der Waals surface area contributed by atoms with Crippen molar-refractivity contribution in [3.63, 3.8) is 0 Å². The number of nitrogens with two attached hydrogens (primary N) is 1. The molecule has 4 nitrogen and oxygen atoms in total. The molecule has 0 spiro atoms. The van der Waals surface area contributed by atoms with E-state index in [4.69, 9.17) is 10.5 Å². The highest BCUT2D eigenvalue weighted by Crippen LogP contribution is 2.24. The maximum absolute atomic E-state index is 5.90. The van der Waals surface area contributed by atoms with Gasteiger partial charge in [-0.05, 0) is 58.1 Å². The summed E-state index contributed by atoms with van der Waals surface area (Å²) >= 11 is 0. The molecule has 20 heavy (non-hydrogen) atoms. The standard InChI is InChI=1S/C16H27N3O/c1-4-20-16-6-5-15(17)9-14(16)12-19(3)11-13-7-8-18(2)10-13/h5-6,9,13H,4,7-8,10-12,17H2,1-3H3. The molecular formula is C16H27N3O. The van der Waals surface area contributed by atoms with Crippen molar-refractivity contribution >= 4 is 5.69 Å². The van der Waals surface area contributed by atoms with Gasteiger partial charge >= 0.3 is 0 Å². The summed E-state index contributed by atoms with van der Waals surface area (Å²) in [6.07, 6.45) is 1.30. The van der Waals surface area contributed by atoms with Crippen molar-refractivity contribution in [1.29, 1.82) is 0 Å². The van der Waals surface area contributed by atoms with Crippen LogP contribution in [0.4, 0.5) is 5.69 Å². The van der Waals surface area contributed by atoms with Crippen molar-refractivity contribution in [2.24, 2.45) is 5.92 Å². The van der Waals surface area contributed by atoms with Crippen LogP contribution < -0.4 is 10.5 Å². The summed E-state index contributed by atoms with van der Waals surface area (Å²) in [4.78, 5) is 4.78. The predicted molar refractivity (Wildman–Crippen MR) is 84.0 cm³/mol. The molecule has 1 unspecified atom stereocenters. The lowest BCUT2D eigenvalue weighted by Crippen LogP contribution is -2.27. The SMILES string of the molecule is CCOc1ccc(N)cc1CN(C)CC1CCN(C)C1. The van der Waals surface area contributed by atoms with Crippen molar-refractivity contribution in [3.8, 4) is 5.75 Å². The summed E-state index contributed by atoms with van der Waals surface area (Å²) in [6, 6.07) is 5.91. The van der Waals surface area contributed by atoms with Crippen molar-refractivity contribution in [2.75, 3.05) is 46.1 Å². The minimum atomic E-state index is 0.689. The van der Waals surface area contributed by atoms with E-state index >= 15 is 0 Å². The molecule has 0 radical (unpaired) electrons. The van der Waals surface area contributed by atoms with Crippen molar-refractivity contribution < 1.29 is 4.74 Å². The number of rotatable bonds is 6. The summed E-state index contributed by atoms with van der Waals surface area (Å²) in [7, 11) is 4.38. The fraction of sp³-hybridized carbons (Fsp3) is 0.625. The molecule has 1 aromatic carbocycles. The van der Waals surface area contributed by atoms with E-state index in [2.05, 4.69) is 23.9 Å². The molecule has 1 aliphatic rings. The Bertz CT molecular complexity index is 436. The summed E-state index contributed by atoms with van der Waals surface area (Å²) in [6.45, 7) is 7.15. The van der Waals surface area contributed by atoms with Gasteiger partial charge in [-0.2, -0.15) is 0 Å². The number of anilines is 1. The zero-order valence-electron chi connectivity index (χ0n) is 12.9. The van der Waals surface area contributed by atoms with E-state index in [1.165, 1.54) is 25.1 Å². The van der Waals surface area contributed by atoms with Crippen LogP contribution in [0.1, 0.15) is 18.9 Å². The molecular weight excluding hydrogens is 250 g/mol. The molecule has 1 aliphatic heterocycles. The highest BCUT2D eigenvalue weighted by atomic mass is 16.5. The molecule has 4 heteroatoms. The fourth-order valence-corrected chi connectivity index (χ4v) is 2.99. The lowest BCUT2D eigenvalue weighted by molar-refractivity contribution is 0.260. The van der Waals surface area contributed by atoms with Crippen LogP contribution in [0, 0.1) is 5.92 Å². The van der Waals surface area contributed by atoms with E-state index in [0.717, 1.165) is 30.4 Å². The van der Waals surface area contributed by atoms with Crippen molar-refractivity contribution in [2.45, 2.75) is 19.9 Å². The maximum Gasteiger partial charge on any atom is 0.123 e. The first-order valence-electron chi connectivity index (χ1n) is 7.46. The van der Waals surface area contributed by atoms with Gasteiger partial charge in [-0.3, -0.25) is 0 Å². The molecule has 2 rings (SSSR count). The van der Waals surface area contributed by atoms with Gasteiger partial charge in [-0.15, -0.1) is 0 Å². The van der Waals surface area contributed by atoms with E-state index in [1.807, 2.05) is 25.1 Å². The van der Waals surface area contributed by atoms with E-state index in [-0.39, 0.29) is 0 Å². The Hall–Kier alpha value is -1.26. The van der Waals surface area contributed by atoms with Gasteiger partial charge in [0.15, 0.2) is 0 Å². The molecule has 0 aromatic heterocycles. The van der Waals surface area contributed by atoms with Gasteiger partial charge in [0, 0.05) is 30.9 Å². The second kappa shape index (κ2) is 6.95. The highest BCUT2D eigenvalue weighted by Gasteiger charge is 2.21. The van der Waals surface area contributed by atoms with Gasteiger partial charge in [-0.25, -0.2) is 0 Å². The summed E-state index contributed by atoms with van der Waals surface area (Å²) in [5.74, 6) is 1.73. The molecule has 0 bridgehead atoms. The smallest absolute Gasteiger partial charge is 0.123 e. The van der Waals surface area contributed by atoms with Gasteiger partial charge in [-0.1, -0.05) is 0 Å². The first-order valence-corrected chi connectivity index (χ1v) is 7.46. The lowest BCUT2D eigenvalue weighted by atomic mass is 10.1. The third kappa shape index (κ3) is 4.12. The van der Waals surface area contributed by atoms with Gasteiger partial charge in [0.2, 0.25) is 0 Å². The van der Waals surface area contributed by atoms with Crippen LogP contribution in [0.5, 0.6) is 5.75 Å². The third-order valence-corrected chi connectivity index (χ3v) is 3.88. The average Bonchev–Trinajstić information content (AvgIpc) is 2.78. The monoisotopic (exact) mass is 277 g/mol. The Morgan fingerprint density at radius 2 is 2.25 bits per heavy atom. The average molecular weight is 277 g/mol. The van der Waals surface area contributed by atoms with Gasteiger partial charge in [0.25, 0.3) is 0 Å².